The van der Waals surface area contributed by atoms with E-state index in [1.54, 1.807) is 18.2 Å². The Kier molecular flexibility index (Phi) is 8.32. The van der Waals surface area contributed by atoms with E-state index in [9.17, 15) is 9.59 Å². The van der Waals surface area contributed by atoms with Gasteiger partial charge in [0.2, 0.25) is 0 Å². The molecule has 3 N–H and O–H groups in total. The van der Waals surface area contributed by atoms with E-state index < -0.39 is 18.3 Å². The molecular formula is C30H36BN3O5. The van der Waals surface area contributed by atoms with E-state index >= 15 is 0 Å². The molecule has 9 heteroatoms. The second kappa shape index (κ2) is 11.5. The molecule has 0 spiro atoms. The van der Waals surface area contributed by atoms with Crippen molar-refractivity contribution in [2.45, 2.75) is 45.8 Å². The molecule has 1 aliphatic heterocycles. The van der Waals surface area contributed by atoms with Crippen LogP contribution in [0.25, 0.3) is 0 Å². The maximum Gasteiger partial charge on any atom is 0.494 e. The summed E-state index contributed by atoms with van der Waals surface area (Å²) in [6, 6.07) is 20.2. The number of anilines is 2. The highest BCUT2D eigenvalue weighted by atomic mass is 16.7. The molecule has 4 rings (SSSR count). The Morgan fingerprint density at radius 2 is 1.54 bits per heavy atom. The molecule has 2 amide bonds. The van der Waals surface area contributed by atoms with E-state index in [-0.39, 0.29) is 11.8 Å². The largest absolute Gasteiger partial charge is 0.496 e. The fourth-order valence-corrected chi connectivity index (χ4v) is 4.21. The summed E-state index contributed by atoms with van der Waals surface area (Å²) in [6.07, 6.45) is 0. The van der Waals surface area contributed by atoms with Gasteiger partial charge >= 0.3 is 7.12 Å². The Labute approximate surface area is 230 Å². The molecule has 0 radical (unpaired) electrons. The van der Waals surface area contributed by atoms with Crippen molar-refractivity contribution in [2.75, 3.05) is 30.8 Å². The van der Waals surface area contributed by atoms with Gasteiger partial charge in [0.25, 0.3) is 11.8 Å². The van der Waals surface area contributed by atoms with Crippen LogP contribution in [0.5, 0.6) is 5.75 Å². The molecule has 0 aliphatic carbocycles. The van der Waals surface area contributed by atoms with E-state index in [0.29, 0.717) is 35.7 Å². The summed E-state index contributed by atoms with van der Waals surface area (Å²) in [5, 5.41) is 9.14. The van der Waals surface area contributed by atoms with Crippen LogP contribution in [0, 0.1) is 6.92 Å². The fourth-order valence-electron chi connectivity index (χ4n) is 4.21. The third-order valence-corrected chi connectivity index (χ3v) is 7.13. The van der Waals surface area contributed by atoms with Crippen molar-refractivity contribution in [1.29, 1.82) is 0 Å². The summed E-state index contributed by atoms with van der Waals surface area (Å²) in [4.78, 5) is 25.6. The van der Waals surface area contributed by atoms with Crippen LogP contribution in [-0.4, -0.2) is 50.3 Å². The molecule has 0 saturated carbocycles. The predicted octanol–water partition coefficient (Wildman–Crippen LogP) is 4.40. The minimum Gasteiger partial charge on any atom is -0.496 e. The Morgan fingerprint density at radius 3 is 2.23 bits per heavy atom. The summed E-state index contributed by atoms with van der Waals surface area (Å²) in [5.41, 5.74) is 3.25. The number of ether oxygens (including phenoxy) is 1. The number of nitrogens with one attached hydrogen (secondary N) is 3. The molecule has 204 valence electrons. The summed E-state index contributed by atoms with van der Waals surface area (Å²) in [6.45, 7) is 10.9. The molecule has 0 atom stereocenters. The Hall–Kier alpha value is -3.82. The monoisotopic (exact) mass is 529 g/mol. The number of aryl methyl sites for hydroxylation is 1. The van der Waals surface area contributed by atoms with Gasteiger partial charge in [0, 0.05) is 30.0 Å². The summed E-state index contributed by atoms with van der Waals surface area (Å²) in [5.74, 6) is 0.0254. The highest BCUT2D eigenvalue weighted by Crippen LogP contribution is 2.36. The van der Waals surface area contributed by atoms with Crippen LogP contribution in [0.3, 0.4) is 0 Å². The number of hydrogen-bond acceptors (Lipinski definition) is 6. The second-order valence-corrected chi connectivity index (χ2v) is 10.6. The molecule has 8 nitrogen and oxygen atoms in total. The van der Waals surface area contributed by atoms with Crippen molar-refractivity contribution >= 4 is 35.8 Å². The lowest BCUT2D eigenvalue weighted by molar-refractivity contribution is 0.00578. The van der Waals surface area contributed by atoms with E-state index in [0.717, 1.165) is 16.7 Å². The number of rotatable bonds is 9. The number of hydrogen-bond donors (Lipinski definition) is 3. The van der Waals surface area contributed by atoms with Gasteiger partial charge in [-0.05, 0) is 82.5 Å². The zero-order chi connectivity index (χ0) is 28.2. The number of methoxy groups -OCH3 is 1. The number of carbonyl (C=O) groups excluding carboxylic acids is 2. The quantitative estimate of drug-likeness (QED) is 0.281. The minimum atomic E-state index is -0.591. The summed E-state index contributed by atoms with van der Waals surface area (Å²) >= 11 is 0. The minimum absolute atomic E-state index is 0.113. The van der Waals surface area contributed by atoms with Gasteiger partial charge in [0.1, 0.15) is 5.75 Å². The van der Waals surface area contributed by atoms with Crippen LogP contribution in [0.1, 0.15) is 54.0 Å². The van der Waals surface area contributed by atoms with Crippen molar-refractivity contribution in [1.82, 2.24) is 5.32 Å². The topological polar surface area (TPSA) is 97.9 Å². The van der Waals surface area contributed by atoms with Gasteiger partial charge in [0.15, 0.2) is 0 Å². The van der Waals surface area contributed by atoms with Crippen LogP contribution in [-0.2, 0) is 9.31 Å². The first-order chi connectivity index (χ1) is 18.5. The zero-order valence-corrected chi connectivity index (χ0v) is 23.4. The standard InChI is InChI=1S/C30H36BN3O5/c1-20-9-7-10-21(17-20)27(35)33-16-15-32-23-11-8-12-24(19-23)34-28(36)25-18-22(13-14-26(25)37-6)31-38-29(2,3)30(4,5)39-31/h7-14,17-19,32H,15-16H2,1-6H3,(H,33,35)(H,34,36). The van der Waals surface area contributed by atoms with Crippen LogP contribution in [0.2, 0.25) is 0 Å². The first-order valence-electron chi connectivity index (χ1n) is 13.0. The first kappa shape index (κ1) is 28.2. The molecule has 1 aliphatic rings. The predicted molar refractivity (Wildman–Crippen MR) is 155 cm³/mol. The van der Waals surface area contributed by atoms with Gasteiger partial charge in [-0.1, -0.05) is 29.8 Å². The van der Waals surface area contributed by atoms with E-state index in [4.69, 9.17) is 14.0 Å². The van der Waals surface area contributed by atoms with Gasteiger partial charge in [-0.2, -0.15) is 0 Å². The Balaban J connectivity index is 1.38. The van der Waals surface area contributed by atoms with Crippen LogP contribution in [0.4, 0.5) is 11.4 Å². The van der Waals surface area contributed by atoms with E-state index in [1.165, 1.54) is 7.11 Å². The lowest BCUT2D eigenvalue weighted by atomic mass is 9.78. The highest BCUT2D eigenvalue weighted by molar-refractivity contribution is 6.62. The maximum absolute atomic E-state index is 13.3. The molecule has 3 aromatic carbocycles. The average molecular weight is 529 g/mol. The third-order valence-electron chi connectivity index (χ3n) is 7.13. The lowest BCUT2D eigenvalue weighted by Crippen LogP contribution is -2.41. The molecule has 1 fully saturated rings. The Morgan fingerprint density at radius 1 is 0.846 bits per heavy atom. The summed E-state index contributed by atoms with van der Waals surface area (Å²) < 4.78 is 17.8. The van der Waals surface area contributed by atoms with E-state index in [1.807, 2.05) is 83.1 Å². The van der Waals surface area contributed by atoms with Crippen molar-refractivity contribution in [3.8, 4) is 5.75 Å². The molecule has 0 aromatic heterocycles. The summed E-state index contributed by atoms with van der Waals surface area (Å²) in [7, 11) is 0.939. The third kappa shape index (κ3) is 6.61. The molecule has 1 saturated heterocycles. The van der Waals surface area contributed by atoms with Crippen LogP contribution < -0.4 is 26.2 Å². The number of amides is 2. The normalized spacial score (nSPS) is 15.5. The second-order valence-electron chi connectivity index (χ2n) is 10.6. The molecule has 39 heavy (non-hydrogen) atoms. The molecule has 0 bridgehead atoms. The number of carbonyl (C=O) groups is 2. The van der Waals surface area contributed by atoms with Gasteiger partial charge in [-0.15, -0.1) is 0 Å². The van der Waals surface area contributed by atoms with Gasteiger partial charge in [-0.25, -0.2) is 0 Å². The van der Waals surface area contributed by atoms with Crippen LogP contribution >= 0.6 is 0 Å². The van der Waals surface area contributed by atoms with Crippen molar-refractivity contribution in [2.24, 2.45) is 0 Å². The fraction of sp³-hybridized carbons (Fsp3) is 0.333. The zero-order valence-electron chi connectivity index (χ0n) is 23.4. The molecule has 0 unspecified atom stereocenters. The van der Waals surface area contributed by atoms with Gasteiger partial charge in [0.05, 0.1) is 23.9 Å². The van der Waals surface area contributed by atoms with Gasteiger partial charge in [-0.3, -0.25) is 9.59 Å². The average Bonchev–Trinajstić information content (AvgIpc) is 3.12. The smallest absolute Gasteiger partial charge is 0.494 e. The van der Waals surface area contributed by atoms with Crippen molar-refractivity contribution in [3.05, 3.63) is 83.4 Å². The van der Waals surface area contributed by atoms with Gasteiger partial charge < -0.3 is 30.0 Å². The molecule has 1 heterocycles. The molecule has 3 aromatic rings. The SMILES string of the molecule is COc1ccc(B2OC(C)(C)C(C)(C)O2)cc1C(=O)Nc1cccc(NCCNC(=O)c2cccc(C)c2)c1. The lowest BCUT2D eigenvalue weighted by Gasteiger charge is -2.32. The Bertz CT molecular complexity index is 1340. The van der Waals surface area contributed by atoms with E-state index in [2.05, 4.69) is 16.0 Å². The van der Waals surface area contributed by atoms with Crippen LogP contribution in [0.15, 0.2) is 66.7 Å². The van der Waals surface area contributed by atoms with Crippen molar-refractivity contribution in [3.63, 3.8) is 0 Å². The number of benzene rings is 3. The highest BCUT2D eigenvalue weighted by Gasteiger charge is 2.51. The first-order valence-corrected chi connectivity index (χ1v) is 13.0. The van der Waals surface area contributed by atoms with Crippen molar-refractivity contribution < 1.29 is 23.6 Å². The maximum atomic E-state index is 13.3. The molecular weight excluding hydrogens is 493 g/mol.